The van der Waals surface area contributed by atoms with Gasteiger partial charge in [-0.2, -0.15) is 4.98 Å². The van der Waals surface area contributed by atoms with E-state index in [0.29, 0.717) is 12.0 Å². The predicted molar refractivity (Wildman–Crippen MR) is 66.9 cm³/mol. The van der Waals surface area contributed by atoms with Crippen LogP contribution < -0.4 is 5.69 Å². The largest absolute Gasteiger partial charge is 0.349 e. The van der Waals surface area contributed by atoms with Crippen LogP contribution in [0.25, 0.3) is 0 Å². The van der Waals surface area contributed by atoms with E-state index in [1.165, 1.54) is 13.1 Å². The highest BCUT2D eigenvalue weighted by Gasteiger charge is 2.54. The number of rotatable bonds is 3. The first-order valence-corrected chi connectivity index (χ1v) is 6.38. The maximum atomic E-state index is 14.3. The molecule has 0 spiro atoms. The van der Waals surface area contributed by atoms with Crippen molar-refractivity contribution in [3.8, 4) is 0 Å². The Morgan fingerprint density at radius 1 is 1.68 bits per heavy atom. The van der Waals surface area contributed by atoms with E-state index >= 15 is 0 Å². The highest BCUT2D eigenvalue weighted by Crippen LogP contribution is 2.42. The number of aryl methyl sites for hydroxylation is 1. The van der Waals surface area contributed by atoms with Crippen molar-refractivity contribution in [3.05, 3.63) is 28.4 Å². The van der Waals surface area contributed by atoms with Crippen molar-refractivity contribution in [1.82, 2.24) is 9.55 Å². The first-order valence-electron chi connectivity index (χ1n) is 5.85. The number of hydrogen-bond acceptors (Lipinski definition) is 4. The SMILES string of the molecule is Cc1ccn([C@@H]2O[C@@](C=O)(CCl)[C@@H](C)[C@H]2F)c(=O)n1. The summed E-state index contributed by atoms with van der Waals surface area (Å²) in [5, 5.41) is 0. The summed E-state index contributed by atoms with van der Waals surface area (Å²) >= 11 is 5.72. The lowest BCUT2D eigenvalue weighted by atomic mass is 9.90. The standard InChI is InChI=1S/C12H14ClFN2O3/c1-7-3-4-16(11(18)15-7)10-9(14)8(2)12(5-13,6-17)19-10/h3-4,6,8-10H,5H2,1-2H3/t8-,9+,10+,12+/m0/s1. The Labute approximate surface area is 114 Å². The van der Waals surface area contributed by atoms with E-state index < -0.39 is 29.6 Å². The molecule has 1 aliphatic rings. The summed E-state index contributed by atoms with van der Waals surface area (Å²) in [6, 6.07) is 1.57. The van der Waals surface area contributed by atoms with E-state index in [4.69, 9.17) is 16.3 Å². The highest BCUT2D eigenvalue weighted by atomic mass is 35.5. The Hall–Kier alpha value is -1.27. The number of nitrogens with zero attached hydrogens (tertiary/aromatic N) is 2. The molecule has 5 nitrogen and oxygen atoms in total. The molecular weight excluding hydrogens is 275 g/mol. The van der Waals surface area contributed by atoms with Gasteiger partial charge in [0.15, 0.2) is 18.7 Å². The van der Waals surface area contributed by atoms with Gasteiger partial charge in [-0.1, -0.05) is 6.92 Å². The van der Waals surface area contributed by atoms with Crippen LogP contribution >= 0.6 is 11.6 Å². The van der Waals surface area contributed by atoms with Crippen molar-refractivity contribution in [3.63, 3.8) is 0 Å². The van der Waals surface area contributed by atoms with Crippen molar-refractivity contribution >= 4 is 17.9 Å². The molecule has 7 heteroatoms. The fourth-order valence-electron chi connectivity index (χ4n) is 2.14. The van der Waals surface area contributed by atoms with Crippen molar-refractivity contribution in [2.75, 3.05) is 5.88 Å². The second-order valence-electron chi connectivity index (χ2n) is 4.71. The molecule has 0 saturated carbocycles. The second-order valence-corrected chi connectivity index (χ2v) is 4.97. The van der Waals surface area contributed by atoms with E-state index in [0.717, 1.165) is 4.57 Å². The van der Waals surface area contributed by atoms with Gasteiger partial charge in [0.2, 0.25) is 0 Å². The third-order valence-electron chi connectivity index (χ3n) is 3.51. The zero-order chi connectivity index (χ0) is 14.2. The Kier molecular flexibility index (Phi) is 3.73. The van der Waals surface area contributed by atoms with Crippen molar-refractivity contribution in [1.29, 1.82) is 0 Å². The van der Waals surface area contributed by atoms with Gasteiger partial charge in [-0.15, -0.1) is 11.6 Å². The minimum absolute atomic E-state index is 0.164. The molecule has 0 radical (unpaired) electrons. The number of hydrogen-bond donors (Lipinski definition) is 0. The average Bonchev–Trinajstić information content (AvgIpc) is 2.64. The maximum absolute atomic E-state index is 14.3. The number of ether oxygens (including phenoxy) is 1. The fourth-order valence-corrected chi connectivity index (χ4v) is 2.50. The van der Waals surface area contributed by atoms with Gasteiger partial charge in [0.05, 0.1) is 5.88 Å². The van der Waals surface area contributed by atoms with Crippen molar-refractivity contribution in [2.24, 2.45) is 5.92 Å². The van der Waals surface area contributed by atoms with Crippen LogP contribution in [0.2, 0.25) is 0 Å². The smallest absolute Gasteiger partial charge is 0.339 e. The molecule has 104 valence electrons. The summed E-state index contributed by atoms with van der Waals surface area (Å²) in [5.74, 6) is -0.900. The van der Waals surface area contributed by atoms with Crippen molar-refractivity contribution < 1.29 is 13.9 Å². The van der Waals surface area contributed by atoms with Gasteiger partial charge in [-0.3, -0.25) is 4.57 Å². The van der Waals surface area contributed by atoms with Gasteiger partial charge in [0.1, 0.15) is 5.60 Å². The number of aldehydes is 1. The molecule has 4 atom stereocenters. The van der Waals surface area contributed by atoms with Crippen LogP contribution in [0.15, 0.2) is 17.1 Å². The summed E-state index contributed by atoms with van der Waals surface area (Å²) in [6.07, 6.45) is -0.779. The molecule has 0 aliphatic carbocycles. The van der Waals surface area contributed by atoms with Crippen LogP contribution in [0.4, 0.5) is 4.39 Å². The number of halogens is 2. The minimum atomic E-state index is -1.51. The molecule has 2 heterocycles. The molecule has 2 rings (SSSR count). The Morgan fingerprint density at radius 3 is 2.84 bits per heavy atom. The lowest BCUT2D eigenvalue weighted by Gasteiger charge is -2.23. The maximum Gasteiger partial charge on any atom is 0.349 e. The van der Waals surface area contributed by atoms with Gasteiger partial charge < -0.3 is 9.53 Å². The molecule has 0 N–H and O–H groups in total. The lowest BCUT2D eigenvalue weighted by molar-refractivity contribution is -0.134. The molecule has 0 unspecified atom stereocenters. The van der Waals surface area contributed by atoms with Crippen LogP contribution in [0.3, 0.4) is 0 Å². The molecule has 0 aromatic carbocycles. The van der Waals surface area contributed by atoms with E-state index in [9.17, 15) is 14.0 Å². The van der Waals surface area contributed by atoms with Crippen molar-refractivity contribution in [2.45, 2.75) is 31.8 Å². The van der Waals surface area contributed by atoms with Gasteiger partial charge >= 0.3 is 5.69 Å². The van der Waals surface area contributed by atoms with Crippen LogP contribution in [0.1, 0.15) is 18.8 Å². The number of alkyl halides is 2. The van der Waals surface area contributed by atoms with E-state index in [2.05, 4.69) is 4.98 Å². The zero-order valence-electron chi connectivity index (χ0n) is 10.5. The minimum Gasteiger partial charge on any atom is -0.339 e. The Bertz CT molecular complexity index is 550. The van der Waals surface area contributed by atoms with Crippen LogP contribution in [0, 0.1) is 12.8 Å². The topological polar surface area (TPSA) is 61.2 Å². The summed E-state index contributed by atoms with van der Waals surface area (Å²) < 4.78 is 20.8. The molecular formula is C12H14ClFN2O3. The summed E-state index contributed by atoms with van der Waals surface area (Å²) in [6.45, 7) is 3.19. The van der Waals surface area contributed by atoms with E-state index in [1.807, 2.05) is 0 Å². The lowest BCUT2D eigenvalue weighted by Crippen LogP contribution is -2.39. The van der Waals surface area contributed by atoms with Gasteiger partial charge in [0.25, 0.3) is 0 Å². The molecule has 0 amide bonds. The third kappa shape index (κ3) is 2.19. The molecule has 19 heavy (non-hydrogen) atoms. The molecule has 1 aromatic heterocycles. The molecule has 1 saturated heterocycles. The van der Waals surface area contributed by atoms with Crippen LogP contribution in [0.5, 0.6) is 0 Å². The quantitative estimate of drug-likeness (QED) is 0.620. The average molecular weight is 289 g/mol. The number of carbonyl (C=O) groups is 1. The normalized spacial score (nSPS) is 34.4. The first-order chi connectivity index (χ1) is 8.95. The summed E-state index contributed by atoms with van der Waals surface area (Å²) in [7, 11) is 0. The summed E-state index contributed by atoms with van der Waals surface area (Å²) in [5.41, 5.74) is -1.49. The first kappa shape index (κ1) is 14.1. The molecule has 1 fully saturated rings. The molecule has 1 aliphatic heterocycles. The fraction of sp³-hybridized carbons (Fsp3) is 0.583. The van der Waals surface area contributed by atoms with Gasteiger partial charge in [-0.05, 0) is 13.0 Å². The Morgan fingerprint density at radius 2 is 2.37 bits per heavy atom. The number of carbonyl (C=O) groups excluding carboxylic acids is 1. The third-order valence-corrected chi connectivity index (χ3v) is 3.93. The van der Waals surface area contributed by atoms with Gasteiger partial charge in [0, 0.05) is 17.8 Å². The summed E-state index contributed by atoms with van der Waals surface area (Å²) in [4.78, 5) is 26.6. The molecule has 0 bridgehead atoms. The van der Waals surface area contributed by atoms with E-state index in [1.54, 1.807) is 13.0 Å². The highest BCUT2D eigenvalue weighted by molar-refractivity contribution is 6.19. The predicted octanol–water partition coefficient (Wildman–Crippen LogP) is 1.23. The number of aromatic nitrogens is 2. The van der Waals surface area contributed by atoms with Crippen LogP contribution in [-0.4, -0.2) is 33.5 Å². The molecule has 1 aromatic rings. The zero-order valence-corrected chi connectivity index (χ0v) is 11.3. The monoisotopic (exact) mass is 288 g/mol. The van der Waals surface area contributed by atoms with E-state index in [-0.39, 0.29) is 5.88 Å². The second kappa shape index (κ2) is 5.02. The van der Waals surface area contributed by atoms with Crippen LogP contribution in [-0.2, 0) is 9.53 Å². The van der Waals surface area contributed by atoms with Gasteiger partial charge in [-0.25, -0.2) is 9.18 Å². The Balaban J connectivity index is 2.42.